The minimum Gasteiger partial charge on any atom is -0.481 e. The number of aliphatic carboxylic acids is 1. The maximum absolute atomic E-state index is 12.9. The number of nitrogens with one attached hydrogen (secondary N) is 1. The summed E-state index contributed by atoms with van der Waals surface area (Å²) in [7, 11) is 0. The predicted octanol–water partition coefficient (Wildman–Crippen LogP) is 7.40. The lowest BCUT2D eigenvalue weighted by Crippen LogP contribution is -2.30. The van der Waals surface area contributed by atoms with E-state index >= 15 is 0 Å². The van der Waals surface area contributed by atoms with Crippen LogP contribution < -0.4 is 14.8 Å². The molecule has 0 saturated carbocycles. The first kappa shape index (κ1) is 29.9. The van der Waals surface area contributed by atoms with Crippen molar-refractivity contribution in [1.82, 2.24) is 10.3 Å². The number of carbonyl (C=O) groups excluding carboxylic acids is 1. The van der Waals surface area contributed by atoms with E-state index in [2.05, 4.69) is 15.0 Å². The quantitative estimate of drug-likeness (QED) is 0.197. The fourth-order valence-corrected chi connectivity index (χ4v) is 3.83. The lowest BCUT2D eigenvalue weighted by Gasteiger charge is -2.18. The summed E-state index contributed by atoms with van der Waals surface area (Å²) in [6, 6.07) is 18.2. The van der Waals surface area contributed by atoms with Gasteiger partial charge in [0, 0.05) is 17.8 Å². The number of benzene rings is 3. The number of pyridine rings is 1. The molecule has 0 aliphatic heterocycles. The Balaban J connectivity index is 1.42. The number of carbonyl (C=O) groups is 2. The summed E-state index contributed by atoms with van der Waals surface area (Å²) < 4.78 is 84.5. The number of nitrogens with zero attached hydrogens (tertiary/aromatic N) is 1. The molecule has 2 N–H and O–H groups in total. The van der Waals surface area contributed by atoms with Crippen LogP contribution in [0.25, 0.3) is 11.1 Å². The van der Waals surface area contributed by atoms with Crippen LogP contribution in [0.4, 0.5) is 26.3 Å². The molecule has 0 radical (unpaired) electrons. The summed E-state index contributed by atoms with van der Waals surface area (Å²) in [5, 5.41) is 12.0. The van der Waals surface area contributed by atoms with Gasteiger partial charge in [-0.05, 0) is 59.2 Å². The summed E-state index contributed by atoms with van der Waals surface area (Å²) >= 11 is 0. The molecule has 1 unspecified atom stereocenters. The third kappa shape index (κ3) is 8.22. The van der Waals surface area contributed by atoms with Crippen LogP contribution >= 0.6 is 0 Å². The molecule has 13 heteroatoms. The first-order valence-electron chi connectivity index (χ1n) is 12.1. The molecule has 3 aromatic carbocycles. The van der Waals surface area contributed by atoms with Gasteiger partial charge in [-0.3, -0.25) is 9.59 Å². The predicted molar refractivity (Wildman–Crippen MR) is 137 cm³/mol. The Bertz CT molecular complexity index is 1520. The molecule has 218 valence electrons. The molecule has 0 aliphatic carbocycles. The van der Waals surface area contributed by atoms with Gasteiger partial charge in [0.25, 0.3) is 5.91 Å². The number of hydrogen-bond donors (Lipinski definition) is 2. The molecule has 42 heavy (non-hydrogen) atoms. The highest BCUT2D eigenvalue weighted by molar-refractivity contribution is 5.94. The third-order valence-electron chi connectivity index (χ3n) is 5.82. The summed E-state index contributed by atoms with van der Waals surface area (Å²) in [6.45, 7) is 0. The van der Waals surface area contributed by atoms with Gasteiger partial charge in [0.15, 0.2) is 0 Å². The van der Waals surface area contributed by atoms with E-state index in [1.165, 1.54) is 48.5 Å². The largest absolute Gasteiger partial charge is 0.573 e. The Morgan fingerprint density at radius 3 is 1.86 bits per heavy atom. The summed E-state index contributed by atoms with van der Waals surface area (Å²) in [5.74, 6) is -2.02. The maximum atomic E-state index is 12.9. The van der Waals surface area contributed by atoms with Crippen LogP contribution in [0.1, 0.15) is 33.9 Å². The number of carboxylic acid groups (broad SMARTS) is 1. The van der Waals surface area contributed by atoms with E-state index < -0.39 is 42.4 Å². The van der Waals surface area contributed by atoms with Crippen molar-refractivity contribution >= 4 is 11.9 Å². The summed E-state index contributed by atoms with van der Waals surface area (Å²) in [4.78, 5) is 28.0. The van der Waals surface area contributed by atoms with E-state index in [1.807, 2.05) is 0 Å². The Hall–Kier alpha value is -5.07. The number of aromatic nitrogens is 1. The van der Waals surface area contributed by atoms with Crippen molar-refractivity contribution < 1.29 is 50.5 Å². The topological polar surface area (TPSA) is 97.8 Å². The second-order valence-corrected chi connectivity index (χ2v) is 8.83. The van der Waals surface area contributed by atoms with Gasteiger partial charge in [-0.2, -0.15) is 13.2 Å². The van der Waals surface area contributed by atoms with E-state index in [9.17, 15) is 41.0 Å². The van der Waals surface area contributed by atoms with Crippen LogP contribution in [0.15, 0.2) is 91.1 Å². The highest BCUT2D eigenvalue weighted by atomic mass is 19.4. The number of carboxylic acids is 1. The lowest BCUT2D eigenvalue weighted by molar-refractivity contribution is -0.274. The fourth-order valence-electron chi connectivity index (χ4n) is 3.83. The Morgan fingerprint density at radius 2 is 1.36 bits per heavy atom. The highest BCUT2D eigenvalue weighted by Crippen LogP contribution is 2.31. The molecule has 1 amide bonds. The average molecular weight is 590 g/mol. The van der Waals surface area contributed by atoms with E-state index in [4.69, 9.17) is 4.74 Å². The van der Waals surface area contributed by atoms with Gasteiger partial charge in [0.2, 0.25) is 5.88 Å². The lowest BCUT2D eigenvalue weighted by atomic mass is 9.98. The van der Waals surface area contributed by atoms with Gasteiger partial charge in [-0.15, -0.1) is 13.2 Å². The molecule has 0 fully saturated rings. The van der Waals surface area contributed by atoms with Crippen LogP contribution in [0.3, 0.4) is 0 Å². The molecule has 4 aromatic rings. The van der Waals surface area contributed by atoms with Crippen molar-refractivity contribution in [3.05, 3.63) is 108 Å². The molecule has 1 atom stereocenters. The molecular formula is C29H20F6N2O5. The minimum absolute atomic E-state index is 0.0873. The first-order chi connectivity index (χ1) is 19.8. The van der Waals surface area contributed by atoms with Gasteiger partial charge in [-0.1, -0.05) is 36.4 Å². The number of ether oxygens (including phenoxy) is 2. The van der Waals surface area contributed by atoms with E-state index in [-0.39, 0.29) is 22.9 Å². The normalized spacial score (nSPS) is 12.3. The van der Waals surface area contributed by atoms with E-state index in [0.717, 1.165) is 12.1 Å². The molecule has 1 aromatic heterocycles. The summed E-state index contributed by atoms with van der Waals surface area (Å²) in [6.07, 6.45) is -9.15. The number of alkyl halides is 6. The zero-order valence-corrected chi connectivity index (χ0v) is 21.2. The van der Waals surface area contributed by atoms with Crippen LogP contribution in [0.2, 0.25) is 0 Å². The van der Waals surface area contributed by atoms with Crippen LogP contribution in [-0.2, 0) is 11.0 Å². The van der Waals surface area contributed by atoms with Crippen LogP contribution in [0, 0.1) is 0 Å². The second kappa shape index (κ2) is 12.2. The second-order valence-electron chi connectivity index (χ2n) is 8.83. The van der Waals surface area contributed by atoms with Crippen molar-refractivity contribution in [3.8, 4) is 28.5 Å². The van der Waals surface area contributed by atoms with Gasteiger partial charge >= 0.3 is 18.5 Å². The maximum Gasteiger partial charge on any atom is 0.573 e. The van der Waals surface area contributed by atoms with Crippen LogP contribution in [-0.4, -0.2) is 28.3 Å². The third-order valence-corrected chi connectivity index (χ3v) is 5.82. The highest BCUT2D eigenvalue weighted by Gasteiger charge is 2.31. The van der Waals surface area contributed by atoms with Crippen molar-refractivity contribution in [2.24, 2.45) is 0 Å². The average Bonchev–Trinajstić information content (AvgIpc) is 2.92. The number of amides is 1. The fraction of sp³-hybridized carbons (Fsp3) is 0.138. The molecule has 1 heterocycles. The number of hydrogen-bond acceptors (Lipinski definition) is 5. The Labute approximate surface area is 234 Å². The smallest absolute Gasteiger partial charge is 0.481 e. The standard InChI is InChI=1S/C29H20F6N2O5/c30-28(31,32)21-9-14-25(36-16-21)41-22-10-7-20(8-11-22)27(40)37-24(15-26(38)39)19-3-1-17(2-4-19)18-5-12-23(13-6-18)42-29(33,34)35/h1-14,16,24H,15H2,(H,37,40)(H,38,39). The zero-order chi connectivity index (χ0) is 30.5. The molecule has 0 aliphatic rings. The number of rotatable bonds is 9. The van der Waals surface area contributed by atoms with Crippen molar-refractivity contribution in [2.45, 2.75) is 25.0 Å². The Morgan fingerprint density at radius 1 is 0.786 bits per heavy atom. The molecule has 0 spiro atoms. The monoisotopic (exact) mass is 590 g/mol. The van der Waals surface area contributed by atoms with Gasteiger partial charge in [0.1, 0.15) is 11.5 Å². The first-order valence-corrected chi connectivity index (χ1v) is 12.1. The Kier molecular flexibility index (Phi) is 8.69. The van der Waals surface area contributed by atoms with E-state index in [1.54, 1.807) is 24.3 Å². The molecule has 0 bridgehead atoms. The van der Waals surface area contributed by atoms with Gasteiger partial charge in [-0.25, -0.2) is 4.98 Å². The van der Waals surface area contributed by atoms with Gasteiger partial charge in [0.05, 0.1) is 18.0 Å². The molecule has 4 rings (SSSR count). The van der Waals surface area contributed by atoms with Gasteiger partial charge < -0.3 is 19.9 Å². The summed E-state index contributed by atoms with van der Waals surface area (Å²) in [5.41, 5.74) is 0.927. The van der Waals surface area contributed by atoms with Crippen molar-refractivity contribution in [3.63, 3.8) is 0 Å². The molecule has 0 saturated heterocycles. The minimum atomic E-state index is -4.81. The zero-order valence-electron chi connectivity index (χ0n) is 21.2. The molecule has 7 nitrogen and oxygen atoms in total. The van der Waals surface area contributed by atoms with Crippen molar-refractivity contribution in [1.29, 1.82) is 0 Å². The number of halogens is 6. The van der Waals surface area contributed by atoms with Crippen molar-refractivity contribution in [2.75, 3.05) is 0 Å². The molecular weight excluding hydrogens is 570 g/mol. The van der Waals surface area contributed by atoms with E-state index in [0.29, 0.717) is 22.9 Å². The SMILES string of the molecule is O=C(O)CC(NC(=O)c1ccc(Oc2ccc(C(F)(F)F)cn2)cc1)c1ccc(-c2ccc(OC(F)(F)F)cc2)cc1. The van der Waals surface area contributed by atoms with Crippen LogP contribution in [0.5, 0.6) is 17.4 Å².